The Kier molecular flexibility index (Phi) is 4.71. The number of likely N-dealkylation sites (tertiary alicyclic amines) is 2. The third-order valence-corrected chi connectivity index (χ3v) is 3.89. The van der Waals surface area contributed by atoms with Crippen LogP contribution in [0.2, 0.25) is 0 Å². The first-order valence-corrected chi connectivity index (χ1v) is 7.64. The number of nitrogens with zero attached hydrogens (tertiary/aromatic N) is 2. The van der Waals surface area contributed by atoms with Gasteiger partial charge in [0.25, 0.3) is 0 Å². The smallest absolute Gasteiger partial charge is 0.410 e. The normalized spacial score (nSPS) is 25.6. The van der Waals surface area contributed by atoms with Crippen LogP contribution in [0.1, 0.15) is 46.5 Å². The lowest BCUT2D eigenvalue weighted by molar-refractivity contribution is 0.0149. The average molecular weight is 268 g/mol. The lowest BCUT2D eigenvalue weighted by atomic mass is 9.98. The van der Waals surface area contributed by atoms with E-state index in [-0.39, 0.29) is 11.7 Å². The van der Waals surface area contributed by atoms with E-state index in [1.807, 2.05) is 25.7 Å². The van der Waals surface area contributed by atoms with Crippen LogP contribution in [0.5, 0.6) is 0 Å². The van der Waals surface area contributed by atoms with Gasteiger partial charge in [-0.25, -0.2) is 4.79 Å². The fraction of sp³-hybridized carbons (Fsp3) is 0.933. The van der Waals surface area contributed by atoms with Crippen LogP contribution in [0.3, 0.4) is 0 Å². The van der Waals surface area contributed by atoms with Crippen molar-refractivity contribution in [2.45, 2.75) is 52.1 Å². The van der Waals surface area contributed by atoms with Gasteiger partial charge in [0.15, 0.2) is 0 Å². The molecule has 2 saturated heterocycles. The van der Waals surface area contributed by atoms with Gasteiger partial charge in [0, 0.05) is 19.6 Å². The predicted molar refractivity (Wildman–Crippen MR) is 76.2 cm³/mol. The highest BCUT2D eigenvalue weighted by Crippen LogP contribution is 2.21. The summed E-state index contributed by atoms with van der Waals surface area (Å²) in [6, 6.07) is 0. The molecule has 4 nitrogen and oxygen atoms in total. The first kappa shape index (κ1) is 14.6. The summed E-state index contributed by atoms with van der Waals surface area (Å²) in [5.74, 6) is 0.624. The Morgan fingerprint density at radius 3 is 2.47 bits per heavy atom. The second kappa shape index (κ2) is 6.12. The molecule has 0 spiro atoms. The Labute approximate surface area is 117 Å². The molecule has 0 N–H and O–H groups in total. The first-order chi connectivity index (χ1) is 8.94. The van der Waals surface area contributed by atoms with E-state index in [9.17, 15) is 4.79 Å². The third kappa shape index (κ3) is 4.68. The average Bonchev–Trinajstić information content (AvgIpc) is 2.80. The molecule has 110 valence electrons. The highest BCUT2D eigenvalue weighted by Gasteiger charge is 2.28. The Hall–Kier alpha value is -0.770. The fourth-order valence-electron chi connectivity index (χ4n) is 3.04. The number of piperidine rings is 1. The molecule has 2 heterocycles. The van der Waals surface area contributed by atoms with Gasteiger partial charge in [-0.2, -0.15) is 0 Å². The highest BCUT2D eigenvalue weighted by molar-refractivity contribution is 5.68. The Bertz CT molecular complexity index is 306. The molecule has 1 atom stereocenters. The molecule has 19 heavy (non-hydrogen) atoms. The van der Waals surface area contributed by atoms with Crippen molar-refractivity contribution in [1.29, 1.82) is 0 Å². The van der Waals surface area contributed by atoms with Crippen molar-refractivity contribution in [2.75, 3.05) is 32.7 Å². The van der Waals surface area contributed by atoms with Gasteiger partial charge >= 0.3 is 6.09 Å². The Balaban J connectivity index is 1.80. The second-order valence-electron chi connectivity index (χ2n) is 6.94. The summed E-state index contributed by atoms with van der Waals surface area (Å²) in [6.07, 6.45) is 4.89. The minimum Gasteiger partial charge on any atom is -0.444 e. The van der Waals surface area contributed by atoms with Crippen molar-refractivity contribution in [1.82, 2.24) is 9.80 Å². The van der Waals surface area contributed by atoms with Crippen molar-refractivity contribution in [3.05, 3.63) is 0 Å². The molecule has 0 bridgehead atoms. The number of amides is 1. The van der Waals surface area contributed by atoms with Crippen molar-refractivity contribution >= 4 is 6.09 Å². The van der Waals surface area contributed by atoms with E-state index < -0.39 is 0 Å². The van der Waals surface area contributed by atoms with Crippen molar-refractivity contribution in [3.8, 4) is 0 Å². The van der Waals surface area contributed by atoms with E-state index >= 15 is 0 Å². The highest BCUT2D eigenvalue weighted by atomic mass is 16.6. The van der Waals surface area contributed by atoms with Crippen LogP contribution in [0.15, 0.2) is 0 Å². The topological polar surface area (TPSA) is 32.8 Å². The molecule has 0 unspecified atom stereocenters. The van der Waals surface area contributed by atoms with Crippen molar-refractivity contribution < 1.29 is 9.53 Å². The molecule has 2 rings (SSSR count). The maximum absolute atomic E-state index is 12.1. The standard InChI is InChI=1S/C15H28N2O2/c1-15(2,3)19-14(18)17-10-6-7-13(12-17)11-16-8-4-5-9-16/h13H,4-12H2,1-3H3/t13-/m0/s1. The second-order valence-corrected chi connectivity index (χ2v) is 6.94. The third-order valence-electron chi connectivity index (χ3n) is 3.89. The Morgan fingerprint density at radius 2 is 1.84 bits per heavy atom. The number of carbonyl (C=O) groups is 1. The van der Waals surface area contributed by atoms with E-state index in [4.69, 9.17) is 4.74 Å². The van der Waals surface area contributed by atoms with Gasteiger partial charge in [0.1, 0.15) is 5.60 Å². The molecular weight excluding hydrogens is 240 g/mol. The van der Waals surface area contributed by atoms with Gasteiger partial charge in [0.2, 0.25) is 0 Å². The van der Waals surface area contributed by atoms with E-state index in [0.717, 1.165) is 26.1 Å². The molecule has 1 amide bonds. The van der Waals surface area contributed by atoms with Gasteiger partial charge in [-0.05, 0) is 65.5 Å². The lowest BCUT2D eigenvalue weighted by Crippen LogP contribution is -2.45. The zero-order valence-electron chi connectivity index (χ0n) is 12.7. The summed E-state index contributed by atoms with van der Waals surface area (Å²) < 4.78 is 5.47. The lowest BCUT2D eigenvalue weighted by Gasteiger charge is -2.35. The summed E-state index contributed by atoms with van der Waals surface area (Å²) in [7, 11) is 0. The van der Waals surface area contributed by atoms with Crippen molar-refractivity contribution in [3.63, 3.8) is 0 Å². The van der Waals surface area contributed by atoms with E-state index in [2.05, 4.69) is 4.90 Å². The summed E-state index contributed by atoms with van der Waals surface area (Å²) in [6.45, 7) is 11.1. The molecule has 0 aromatic heterocycles. The first-order valence-electron chi connectivity index (χ1n) is 7.64. The summed E-state index contributed by atoms with van der Waals surface area (Å²) in [4.78, 5) is 16.5. The number of carbonyl (C=O) groups excluding carboxylic acids is 1. The molecule has 0 aromatic carbocycles. The monoisotopic (exact) mass is 268 g/mol. The molecule has 2 aliphatic rings. The predicted octanol–water partition coefficient (Wildman–Crippen LogP) is 2.73. The van der Waals surface area contributed by atoms with Crippen LogP contribution in [0.4, 0.5) is 4.79 Å². The van der Waals surface area contributed by atoms with Crippen LogP contribution in [0, 0.1) is 5.92 Å². The quantitative estimate of drug-likeness (QED) is 0.772. The number of ether oxygens (including phenoxy) is 1. The van der Waals surface area contributed by atoms with Crippen molar-refractivity contribution in [2.24, 2.45) is 5.92 Å². The molecule has 0 saturated carbocycles. The van der Waals surface area contributed by atoms with E-state index in [1.54, 1.807) is 0 Å². The SMILES string of the molecule is CC(C)(C)OC(=O)N1CCC[C@@H](CN2CCCC2)C1. The largest absolute Gasteiger partial charge is 0.444 e. The minimum atomic E-state index is -0.390. The van der Waals surface area contributed by atoms with Gasteiger partial charge in [-0.3, -0.25) is 0 Å². The van der Waals surface area contributed by atoms with Crippen LogP contribution >= 0.6 is 0 Å². The van der Waals surface area contributed by atoms with Gasteiger partial charge in [-0.1, -0.05) is 0 Å². The minimum absolute atomic E-state index is 0.140. The zero-order valence-corrected chi connectivity index (χ0v) is 12.7. The van der Waals surface area contributed by atoms with Crippen LogP contribution in [0.25, 0.3) is 0 Å². The van der Waals surface area contributed by atoms with Crippen LogP contribution < -0.4 is 0 Å². The Morgan fingerprint density at radius 1 is 1.16 bits per heavy atom. The number of rotatable bonds is 2. The van der Waals surface area contributed by atoms with Gasteiger partial charge in [0.05, 0.1) is 0 Å². The van der Waals surface area contributed by atoms with Crippen LogP contribution in [-0.4, -0.2) is 54.2 Å². The summed E-state index contributed by atoms with van der Waals surface area (Å²) >= 11 is 0. The molecule has 0 radical (unpaired) electrons. The number of hydrogen-bond acceptors (Lipinski definition) is 3. The summed E-state index contributed by atoms with van der Waals surface area (Å²) in [5.41, 5.74) is -0.390. The zero-order chi connectivity index (χ0) is 13.9. The number of hydrogen-bond donors (Lipinski definition) is 0. The maximum atomic E-state index is 12.1. The molecule has 0 aliphatic carbocycles. The van der Waals surface area contributed by atoms with E-state index in [0.29, 0.717) is 5.92 Å². The van der Waals surface area contributed by atoms with Gasteiger partial charge in [-0.15, -0.1) is 0 Å². The van der Waals surface area contributed by atoms with Crippen LogP contribution in [-0.2, 0) is 4.74 Å². The molecule has 2 fully saturated rings. The summed E-state index contributed by atoms with van der Waals surface area (Å²) in [5, 5.41) is 0. The molecule has 2 aliphatic heterocycles. The fourth-order valence-corrected chi connectivity index (χ4v) is 3.04. The van der Waals surface area contributed by atoms with Gasteiger partial charge < -0.3 is 14.5 Å². The maximum Gasteiger partial charge on any atom is 0.410 e. The molecular formula is C15H28N2O2. The molecule has 4 heteroatoms. The van der Waals surface area contributed by atoms with E-state index in [1.165, 1.54) is 32.4 Å². The molecule has 0 aromatic rings.